The highest BCUT2D eigenvalue weighted by Gasteiger charge is 2.26. The third-order valence-corrected chi connectivity index (χ3v) is 4.16. The van der Waals surface area contributed by atoms with Gasteiger partial charge in [-0.2, -0.15) is 0 Å². The Balaban J connectivity index is 2.64. The number of allylic oxidation sites excluding steroid dienone is 4. The molecule has 0 amide bonds. The number of nitrogens with zero attached hydrogens (tertiary/aromatic N) is 1. The Morgan fingerprint density at radius 2 is 2.21 bits per heavy atom. The lowest BCUT2D eigenvalue weighted by atomic mass is 10.0. The van der Waals surface area contributed by atoms with Gasteiger partial charge in [-0.15, -0.1) is 6.58 Å². The van der Waals surface area contributed by atoms with Crippen LogP contribution >= 0.6 is 0 Å². The second-order valence-corrected chi connectivity index (χ2v) is 5.43. The van der Waals surface area contributed by atoms with Crippen molar-refractivity contribution in [1.29, 1.82) is 0 Å². The lowest BCUT2D eigenvalue weighted by Gasteiger charge is -2.26. The highest BCUT2D eigenvalue weighted by molar-refractivity contribution is 5.19. The van der Waals surface area contributed by atoms with Gasteiger partial charge in [0.1, 0.15) is 0 Å². The number of ether oxygens (including phenoxy) is 1. The van der Waals surface area contributed by atoms with Crippen LogP contribution in [0.15, 0.2) is 36.1 Å². The van der Waals surface area contributed by atoms with E-state index in [0.717, 1.165) is 24.5 Å². The van der Waals surface area contributed by atoms with E-state index in [2.05, 4.69) is 43.6 Å². The van der Waals surface area contributed by atoms with E-state index in [1.54, 1.807) is 7.11 Å². The molecule has 0 N–H and O–H groups in total. The second-order valence-electron chi connectivity index (χ2n) is 5.43. The van der Waals surface area contributed by atoms with Crippen LogP contribution in [0, 0.1) is 5.92 Å². The smallest absolute Gasteiger partial charge is 0.0924 e. The molecule has 0 spiro atoms. The average molecular weight is 263 g/mol. The predicted molar refractivity (Wildman–Crippen MR) is 83.1 cm³/mol. The van der Waals surface area contributed by atoms with Crippen LogP contribution in [0.5, 0.6) is 0 Å². The molecule has 0 aromatic heterocycles. The van der Waals surface area contributed by atoms with Crippen molar-refractivity contribution in [3.05, 3.63) is 36.1 Å². The fourth-order valence-electron chi connectivity index (χ4n) is 2.72. The van der Waals surface area contributed by atoms with Gasteiger partial charge in [0.15, 0.2) is 0 Å². The van der Waals surface area contributed by atoms with Crippen molar-refractivity contribution in [2.45, 2.75) is 46.1 Å². The second kappa shape index (κ2) is 8.21. The van der Waals surface area contributed by atoms with Crippen molar-refractivity contribution >= 4 is 0 Å². The summed E-state index contributed by atoms with van der Waals surface area (Å²) in [5, 5.41) is 0. The average Bonchev–Trinajstić information content (AvgIpc) is 2.87. The monoisotopic (exact) mass is 263 g/mol. The van der Waals surface area contributed by atoms with E-state index in [9.17, 15) is 0 Å². The summed E-state index contributed by atoms with van der Waals surface area (Å²) in [7, 11) is 1.72. The first-order valence-corrected chi connectivity index (χ1v) is 7.38. The maximum absolute atomic E-state index is 5.19. The molecular formula is C17H29NO. The van der Waals surface area contributed by atoms with Crippen LogP contribution in [0.4, 0.5) is 0 Å². The first-order chi connectivity index (χ1) is 9.12. The van der Waals surface area contributed by atoms with Gasteiger partial charge in [0.25, 0.3) is 0 Å². The van der Waals surface area contributed by atoms with Gasteiger partial charge >= 0.3 is 0 Å². The SMILES string of the molecule is C=CC[C@H]1CCN([C@H](C)/C(=C/C=C(\C)OC)CC)C1. The van der Waals surface area contributed by atoms with Crippen LogP contribution in [-0.2, 0) is 4.74 Å². The molecule has 108 valence electrons. The Kier molecular flexibility index (Phi) is 6.93. The topological polar surface area (TPSA) is 12.5 Å². The number of hydrogen-bond acceptors (Lipinski definition) is 2. The van der Waals surface area contributed by atoms with Gasteiger partial charge in [-0.25, -0.2) is 0 Å². The minimum atomic E-state index is 0.528. The van der Waals surface area contributed by atoms with Gasteiger partial charge in [0.2, 0.25) is 0 Å². The third kappa shape index (κ3) is 4.87. The summed E-state index contributed by atoms with van der Waals surface area (Å²) in [4.78, 5) is 2.60. The summed E-state index contributed by atoms with van der Waals surface area (Å²) in [6.07, 6.45) is 9.91. The highest BCUT2D eigenvalue weighted by atomic mass is 16.5. The lowest BCUT2D eigenvalue weighted by Crippen LogP contribution is -2.32. The minimum absolute atomic E-state index is 0.528. The van der Waals surface area contributed by atoms with Gasteiger partial charge in [-0.1, -0.05) is 24.6 Å². The fraction of sp³-hybridized carbons (Fsp3) is 0.647. The zero-order chi connectivity index (χ0) is 14.3. The van der Waals surface area contributed by atoms with E-state index in [1.807, 2.05) is 6.92 Å². The van der Waals surface area contributed by atoms with Gasteiger partial charge in [0, 0.05) is 12.6 Å². The Morgan fingerprint density at radius 1 is 1.47 bits per heavy atom. The number of hydrogen-bond donors (Lipinski definition) is 0. The molecule has 0 saturated carbocycles. The van der Waals surface area contributed by atoms with E-state index in [4.69, 9.17) is 4.74 Å². The summed E-state index contributed by atoms with van der Waals surface area (Å²) in [6, 6.07) is 0.528. The van der Waals surface area contributed by atoms with E-state index < -0.39 is 0 Å². The molecule has 1 saturated heterocycles. The lowest BCUT2D eigenvalue weighted by molar-refractivity contribution is 0.274. The van der Waals surface area contributed by atoms with Gasteiger partial charge < -0.3 is 4.74 Å². The highest BCUT2D eigenvalue weighted by Crippen LogP contribution is 2.25. The maximum Gasteiger partial charge on any atom is 0.0924 e. The molecule has 1 fully saturated rings. The van der Waals surface area contributed by atoms with E-state index in [1.165, 1.54) is 25.1 Å². The molecule has 1 rings (SSSR count). The fourth-order valence-corrected chi connectivity index (χ4v) is 2.72. The standard InChI is InChI=1S/C17H29NO/c1-6-8-16-11-12-18(13-16)15(4)17(7-2)10-9-14(3)19-5/h6,9-10,15-16H,1,7-8,11-13H2,2-5H3/b14-9+,17-10+/t15-,16+/m1/s1. The first-order valence-electron chi connectivity index (χ1n) is 7.38. The molecule has 0 aromatic carbocycles. The molecule has 2 nitrogen and oxygen atoms in total. The Labute approximate surface area is 118 Å². The molecule has 0 aromatic rings. The number of rotatable bonds is 7. The Hall–Kier alpha value is -1.02. The largest absolute Gasteiger partial charge is 0.501 e. The molecule has 0 bridgehead atoms. The van der Waals surface area contributed by atoms with E-state index >= 15 is 0 Å². The summed E-state index contributed by atoms with van der Waals surface area (Å²) >= 11 is 0. The third-order valence-electron chi connectivity index (χ3n) is 4.16. The number of methoxy groups -OCH3 is 1. The summed E-state index contributed by atoms with van der Waals surface area (Å²) < 4.78 is 5.19. The Morgan fingerprint density at radius 3 is 2.79 bits per heavy atom. The van der Waals surface area contributed by atoms with Crippen LogP contribution in [0.25, 0.3) is 0 Å². The molecule has 0 aliphatic carbocycles. The molecule has 1 aliphatic heterocycles. The number of likely N-dealkylation sites (tertiary alicyclic amines) is 1. The van der Waals surface area contributed by atoms with E-state index in [-0.39, 0.29) is 0 Å². The van der Waals surface area contributed by atoms with Crippen molar-refractivity contribution < 1.29 is 4.74 Å². The molecule has 19 heavy (non-hydrogen) atoms. The van der Waals surface area contributed by atoms with Gasteiger partial charge in [0.05, 0.1) is 12.9 Å². The zero-order valence-electron chi connectivity index (χ0n) is 13.0. The van der Waals surface area contributed by atoms with Crippen molar-refractivity contribution in [2.75, 3.05) is 20.2 Å². The summed E-state index contributed by atoms with van der Waals surface area (Å²) in [5.41, 5.74) is 1.48. The molecule has 2 atom stereocenters. The van der Waals surface area contributed by atoms with Gasteiger partial charge in [-0.3, -0.25) is 4.90 Å². The Bertz CT molecular complexity index is 343. The quantitative estimate of drug-likeness (QED) is 0.388. The molecule has 1 aliphatic rings. The van der Waals surface area contributed by atoms with Crippen molar-refractivity contribution in [3.8, 4) is 0 Å². The normalized spacial score (nSPS) is 23.5. The predicted octanol–water partition coefficient (Wildman–Crippen LogP) is 4.16. The van der Waals surface area contributed by atoms with Crippen molar-refractivity contribution in [3.63, 3.8) is 0 Å². The van der Waals surface area contributed by atoms with Crippen LogP contribution in [-0.4, -0.2) is 31.1 Å². The first kappa shape index (κ1) is 16.0. The van der Waals surface area contributed by atoms with Crippen LogP contribution in [0.3, 0.4) is 0 Å². The van der Waals surface area contributed by atoms with Gasteiger partial charge in [-0.05, 0) is 51.6 Å². The van der Waals surface area contributed by atoms with Crippen LogP contribution in [0.1, 0.15) is 40.0 Å². The van der Waals surface area contributed by atoms with Crippen LogP contribution < -0.4 is 0 Å². The van der Waals surface area contributed by atoms with Crippen molar-refractivity contribution in [2.24, 2.45) is 5.92 Å². The van der Waals surface area contributed by atoms with Crippen LogP contribution in [0.2, 0.25) is 0 Å². The van der Waals surface area contributed by atoms with Crippen molar-refractivity contribution in [1.82, 2.24) is 4.90 Å². The zero-order valence-corrected chi connectivity index (χ0v) is 13.0. The molecule has 0 radical (unpaired) electrons. The maximum atomic E-state index is 5.19. The molecule has 2 heteroatoms. The summed E-state index contributed by atoms with van der Waals surface area (Å²) in [5.74, 6) is 1.76. The molecule has 1 heterocycles. The molecular weight excluding hydrogens is 234 g/mol. The molecule has 0 unspecified atom stereocenters. The summed E-state index contributed by atoms with van der Waals surface area (Å²) in [6.45, 7) is 12.8. The minimum Gasteiger partial charge on any atom is -0.501 e. The van der Waals surface area contributed by atoms with E-state index in [0.29, 0.717) is 6.04 Å².